The summed E-state index contributed by atoms with van der Waals surface area (Å²) in [6.07, 6.45) is 6.96. The second-order valence-corrected chi connectivity index (χ2v) is 7.65. The first-order valence-corrected chi connectivity index (χ1v) is 9.93. The van der Waals surface area contributed by atoms with Gasteiger partial charge in [-0.25, -0.2) is 15.0 Å². The van der Waals surface area contributed by atoms with Crippen LogP contribution in [0, 0.1) is 0 Å². The number of nitrogens with one attached hydrogen (secondary N) is 2. The van der Waals surface area contributed by atoms with Gasteiger partial charge < -0.3 is 15.5 Å². The average Bonchev–Trinajstić information content (AvgIpc) is 2.64. The van der Waals surface area contributed by atoms with E-state index < -0.39 is 0 Å². The molecule has 0 aliphatic rings. The Bertz CT molecular complexity index is 883. The van der Waals surface area contributed by atoms with E-state index in [2.05, 4.69) is 60.5 Å². The zero-order valence-corrected chi connectivity index (χ0v) is 17.3. The van der Waals surface area contributed by atoms with Gasteiger partial charge in [0.1, 0.15) is 18.0 Å². The van der Waals surface area contributed by atoms with Gasteiger partial charge in [0.2, 0.25) is 0 Å². The number of hydrogen-bond acceptors (Lipinski definition) is 6. The molecule has 2 N–H and O–H groups in total. The minimum absolute atomic E-state index is 0.751. The van der Waals surface area contributed by atoms with Crippen LogP contribution in [0.15, 0.2) is 47.3 Å². The van der Waals surface area contributed by atoms with Crippen LogP contribution in [0.2, 0.25) is 0 Å². The molecule has 2 heterocycles. The van der Waals surface area contributed by atoms with Crippen LogP contribution in [-0.4, -0.2) is 47.0 Å². The van der Waals surface area contributed by atoms with Crippen molar-refractivity contribution in [3.63, 3.8) is 0 Å². The smallest absolute Gasteiger partial charge is 0.143 e. The van der Waals surface area contributed by atoms with Gasteiger partial charge in [-0.15, -0.1) is 0 Å². The number of fused-ring (bicyclic) bond motifs is 1. The van der Waals surface area contributed by atoms with Crippen LogP contribution in [0.25, 0.3) is 10.9 Å². The Labute approximate surface area is 168 Å². The van der Waals surface area contributed by atoms with E-state index >= 15 is 0 Å². The van der Waals surface area contributed by atoms with Crippen molar-refractivity contribution in [3.05, 3.63) is 47.3 Å². The summed E-state index contributed by atoms with van der Waals surface area (Å²) in [5.74, 6) is 1.60. The highest BCUT2D eigenvalue weighted by Gasteiger charge is 2.06. The summed E-state index contributed by atoms with van der Waals surface area (Å²) < 4.78 is 1.01. The Kier molecular flexibility index (Phi) is 6.95. The molecule has 2 aromatic heterocycles. The number of anilines is 3. The highest BCUT2D eigenvalue weighted by Crippen LogP contribution is 2.25. The Morgan fingerprint density at radius 1 is 1.04 bits per heavy atom. The maximum absolute atomic E-state index is 4.52. The maximum Gasteiger partial charge on any atom is 0.143 e. The van der Waals surface area contributed by atoms with Crippen LogP contribution < -0.4 is 10.6 Å². The monoisotopic (exact) mass is 428 g/mol. The zero-order valence-electron chi connectivity index (χ0n) is 15.7. The predicted octanol–water partition coefficient (Wildman–Crippen LogP) is 4.67. The van der Waals surface area contributed by atoms with Crippen molar-refractivity contribution < 1.29 is 0 Å². The van der Waals surface area contributed by atoms with Gasteiger partial charge in [0, 0.05) is 29.0 Å². The largest absolute Gasteiger partial charge is 0.370 e. The average molecular weight is 429 g/mol. The summed E-state index contributed by atoms with van der Waals surface area (Å²) in [6.45, 7) is 2.05. The molecule has 0 bridgehead atoms. The molecule has 3 aromatic rings. The molecule has 1 aromatic carbocycles. The predicted molar refractivity (Wildman–Crippen MR) is 116 cm³/mol. The summed E-state index contributed by atoms with van der Waals surface area (Å²) in [4.78, 5) is 15.5. The number of nitrogens with zero attached hydrogens (tertiary/aromatic N) is 4. The second kappa shape index (κ2) is 9.62. The van der Waals surface area contributed by atoms with Crippen LogP contribution in [0.5, 0.6) is 0 Å². The van der Waals surface area contributed by atoms with Gasteiger partial charge >= 0.3 is 0 Å². The van der Waals surface area contributed by atoms with Crippen molar-refractivity contribution in [3.8, 4) is 0 Å². The molecular weight excluding hydrogens is 404 g/mol. The minimum atomic E-state index is 0.751. The first-order valence-electron chi connectivity index (χ1n) is 9.14. The van der Waals surface area contributed by atoms with Crippen molar-refractivity contribution >= 4 is 44.2 Å². The van der Waals surface area contributed by atoms with E-state index in [0.717, 1.165) is 52.2 Å². The fourth-order valence-electron chi connectivity index (χ4n) is 2.80. The number of unbranched alkanes of at least 4 members (excludes halogenated alkanes) is 2. The Balaban J connectivity index is 1.62. The van der Waals surface area contributed by atoms with E-state index in [1.54, 1.807) is 6.33 Å². The number of pyridine rings is 1. The molecule has 0 fully saturated rings. The summed E-state index contributed by atoms with van der Waals surface area (Å²) in [7, 11) is 4.22. The molecule has 0 spiro atoms. The Morgan fingerprint density at radius 3 is 2.74 bits per heavy atom. The quantitative estimate of drug-likeness (QED) is 0.482. The molecule has 0 saturated carbocycles. The SMILES string of the molecule is CN(C)CCCCCNc1cc2ncnc(Nc3cccc(Br)c3)c2cn1. The third kappa shape index (κ3) is 5.87. The first kappa shape index (κ1) is 19.5. The lowest BCUT2D eigenvalue weighted by Gasteiger charge is -2.11. The summed E-state index contributed by atoms with van der Waals surface area (Å²) >= 11 is 3.49. The molecular formula is C20H25BrN6. The van der Waals surface area contributed by atoms with Crippen molar-refractivity contribution in [2.24, 2.45) is 0 Å². The number of halogens is 1. The van der Waals surface area contributed by atoms with Crippen LogP contribution in [-0.2, 0) is 0 Å². The van der Waals surface area contributed by atoms with Gasteiger partial charge in [0.15, 0.2) is 0 Å². The Hall–Kier alpha value is -2.25. The molecule has 3 rings (SSSR count). The normalized spacial score (nSPS) is 11.1. The topological polar surface area (TPSA) is 66.0 Å². The van der Waals surface area contributed by atoms with Crippen LogP contribution in [0.1, 0.15) is 19.3 Å². The minimum Gasteiger partial charge on any atom is -0.370 e. The molecule has 142 valence electrons. The lowest BCUT2D eigenvalue weighted by Crippen LogP contribution is -2.13. The zero-order chi connectivity index (χ0) is 19.1. The summed E-state index contributed by atoms with van der Waals surface area (Å²) in [6, 6.07) is 9.95. The van der Waals surface area contributed by atoms with E-state index in [-0.39, 0.29) is 0 Å². The van der Waals surface area contributed by atoms with Gasteiger partial charge in [-0.3, -0.25) is 0 Å². The summed E-state index contributed by atoms with van der Waals surface area (Å²) in [5, 5.41) is 7.62. The van der Waals surface area contributed by atoms with E-state index in [0.29, 0.717) is 0 Å². The molecule has 27 heavy (non-hydrogen) atoms. The number of rotatable bonds is 9. The van der Waals surface area contributed by atoms with Gasteiger partial charge in [-0.1, -0.05) is 28.4 Å². The van der Waals surface area contributed by atoms with E-state index in [1.165, 1.54) is 12.8 Å². The third-order valence-electron chi connectivity index (χ3n) is 4.20. The molecule has 0 aliphatic heterocycles. The third-order valence-corrected chi connectivity index (χ3v) is 4.69. The second-order valence-electron chi connectivity index (χ2n) is 6.74. The van der Waals surface area contributed by atoms with Crippen molar-refractivity contribution in [1.82, 2.24) is 19.9 Å². The van der Waals surface area contributed by atoms with Crippen molar-refractivity contribution in [2.75, 3.05) is 37.8 Å². The number of aromatic nitrogens is 3. The molecule has 0 aliphatic carbocycles. The van der Waals surface area contributed by atoms with Crippen LogP contribution in [0.4, 0.5) is 17.3 Å². The van der Waals surface area contributed by atoms with Crippen LogP contribution >= 0.6 is 15.9 Å². The van der Waals surface area contributed by atoms with Crippen LogP contribution in [0.3, 0.4) is 0 Å². The highest BCUT2D eigenvalue weighted by atomic mass is 79.9. The lowest BCUT2D eigenvalue weighted by atomic mass is 10.2. The molecule has 7 heteroatoms. The molecule has 0 amide bonds. The Morgan fingerprint density at radius 2 is 1.93 bits per heavy atom. The van der Waals surface area contributed by atoms with Gasteiger partial charge in [-0.05, 0) is 51.7 Å². The first-order chi connectivity index (χ1) is 13.1. The van der Waals surface area contributed by atoms with Crippen molar-refractivity contribution in [2.45, 2.75) is 19.3 Å². The van der Waals surface area contributed by atoms with Gasteiger partial charge in [0.25, 0.3) is 0 Å². The molecule has 6 nitrogen and oxygen atoms in total. The molecule has 0 unspecified atom stereocenters. The van der Waals surface area contributed by atoms with E-state index in [9.17, 15) is 0 Å². The lowest BCUT2D eigenvalue weighted by molar-refractivity contribution is 0.393. The number of benzene rings is 1. The molecule has 0 radical (unpaired) electrons. The fraction of sp³-hybridized carbons (Fsp3) is 0.350. The van der Waals surface area contributed by atoms with Crippen molar-refractivity contribution in [1.29, 1.82) is 0 Å². The summed E-state index contributed by atoms with van der Waals surface area (Å²) in [5.41, 5.74) is 1.83. The highest BCUT2D eigenvalue weighted by molar-refractivity contribution is 9.10. The maximum atomic E-state index is 4.52. The number of hydrogen-bond donors (Lipinski definition) is 2. The fourth-order valence-corrected chi connectivity index (χ4v) is 3.20. The molecule has 0 atom stereocenters. The van der Waals surface area contributed by atoms with E-state index in [4.69, 9.17) is 0 Å². The van der Waals surface area contributed by atoms with Gasteiger partial charge in [0.05, 0.1) is 10.9 Å². The van der Waals surface area contributed by atoms with E-state index in [1.807, 2.05) is 36.5 Å². The molecule has 0 saturated heterocycles. The standard InChI is InChI=1S/C20H25BrN6/c1-27(2)10-5-3-4-9-22-19-12-18-17(13-23-19)20(25-14-24-18)26-16-8-6-7-15(21)11-16/h6-8,11-14H,3-5,9-10H2,1-2H3,(H,22,23)(H,24,25,26). The van der Waals surface area contributed by atoms with Gasteiger partial charge in [-0.2, -0.15) is 0 Å².